The fraction of sp³-hybridized carbons (Fsp3) is 0.811. The SMILES string of the molecule is CCN1CCN(C)CCN(C)CCN(CC(=O)NCCOCCn2cc(CCC(=O)N(CCCCCNC(=O)N[C@H](C)CCC(=O)O)CCC(=O)O)nn2)CC1. The number of aryl methyl sites for hydroxylation is 1. The first-order valence-corrected chi connectivity index (χ1v) is 20.2. The second-order valence-electron chi connectivity index (χ2n) is 14.6. The van der Waals surface area contributed by atoms with Crippen molar-refractivity contribution in [2.75, 3.05) is 119 Å². The van der Waals surface area contributed by atoms with Crippen molar-refractivity contribution < 1.29 is 38.9 Å². The van der Waals surface area contributed by atoms with Gasteiger partial charge >= 0.3 is 18.0 Å². The highest BCUT2D eigenvalue weighted by Gasteiger charge is 2.17. The van der Waals surface area contributed by atoms with Crippen molar-refractivity contribution in [2.24, 2.45) is 0 Å². The maximum atomic E-state index is 13.0. The van der Waals surface area contributed by atoms with Crippen molar-refractivity contribution in [3.8, 4) is 0 Å². The molecule has 19 heteroatoms. The minimum absolute atomic E-state index is 0.0136. The van der Waals surface area contributed by atoms with Gasteiger partial charge in [0.25, 0.3) is 0 Å². The number of amides is 4. The van der Waals surface area contributed by atoms with E-state index in [0.717, 1.165) is 65.3 Å². The van der Waals surface area contributed by atoms with Crippen LogP contribution in [0.15, 0.2) is 6.20 Å². The van der Waals surface area contributed by atoms with Crippen LogP contribution >= 0.6 is 0 Å². The normalized spacial score (nSPS) is 16.0. The van der Waals surface area contributed by atoms with E-state index in [9.17, 15) is 29.1 Å². The number of aliphatic carboxylic acids is 2. The van der Waals surface area contributed by atoms with E-state index >= 15 is 0 Å². The fourth-order valence-corrected chi connectivity index (χ4v) is 5.99. The van der Waals surface area contributed by atoms with E-state index in [0.29, 0.717) is 77.3 Å². The van der Waals surface area contributed by atoms with E-state index in [1.807, 2.05) is 0 Å². The first-order valence-electron chi connectivity index (χ1n) is 20.2. The second kappa shape index (κ2) is 28.5. The first-order chi connectivity index (χ1) is 26.8. The Labute approximate surface area is 332 Å². The van der Waals surface area contributed by atoms with Crippen LogP contribution in [0, 0.1) is 0 Å². The molecule has 0 aromatic carbocycles. The van der Waals surface area contributed by atoms with E-state index in [2.05, 4.69) is 66.9 Å². The smallest absolute Gasteiger partial charge is 0.314 e. The number of unbranched alkanes of at least 4 members (excludes halogenated alkanes) is 2. The molecule has 0 bridgehead atoms. The number of hydrogen-bond donors (Lipinski definition) is 5. The molecule has 0 saturated carbocycles. The monoisotopic (exact) mass is 796 g/mol. The number of likely N-dealkylation sites (N-methyl/N-ethyl adjacent to an activating group) is 3. The van der Waals surface area contributed by atoms with Crippen molar-refractivity contribution in [1.82, 2.24) is 55.4 Å². The first kappa shape index (κ1) is 48.2. The van der Waals surface area contributed by atoms with Gasteiger partial charge in [0.2, 0.25) is 11.8 Å². The van der Waals surface area contributed by atoms with Crippen molar-refractivity contribution in [3.05, 3.63) is 11.9 Å². The van der Waals surface area contributed by atoms with Gasteiger partial charge in [-0.05, 0) is 53.2 Å². The van der Waals surface area contributed by atoms with Crippen LogP contribution in [-0.2, 0) is 36.9 Å². The summed E-state index contributed by atoms with van der Waals surface area (Å²) in [4.78, 5) is 70.6. The summed E-state index contributed by atoms with van der Waals surface area (Å²) < 4.78 is 7.38. The lowest BCUT2D eigenvalue weighted by Gasteiger charge is -2.31. The van der Waals surface area contributed by atoms with Crippen LogP contribution in [0.3, 0.4) is 0 Å². The highest BCUT2D eigenvalue weighted by molar-refractivity contribution is 5.78. The van der Waals surface area contributed by atoms with E-state index in [1.54, 1.807) is 22.7 Å². The van der Waals surface area contributed by atoms with Crippen LogP contribution in [0.25, 0.3) is 0 Å². The third kappa shape index (κ3) is 23.2. The molecule has 0 aliphatic carbocycles. The third-order valence-electron chi connectivity index (χ3n) is 9.73. The summed E-state index contributed by atoms with van der Waals surface area (Å²) in [7, 11) is 4.31. The van der Waals surface area contributed by atoms with Gasteiger partial charge in [-0.25, -0.2) is 9.48 Å². The van der Waals surface area contributed by atoms with Gasteiger partial charge in [-0.2, -0.15) is 0 Å². The highest BCUT2D eigenvalue weighted by Crippen LogP contribution is 2.07. The number of carbonyl (C=O) groups excluding carboxylic acids is 3. The fourth-order valence-electron chi connectivity index (χ4n) is 5.99. The van der Waals surface area contributed by atoms with Gasteiger partial charge in [0.05, 0.1) is 38.4 Å². The van der Waals surface area contributed by atoms with Crippen LogP contribution in [0.1, 0.15) is 64.5 Å². The van der Waals surface area contributed by atoms with Crippen LogP contribution in [0.5, 0.6) is 0 Å². The lowest BCUT2D eigenvalue weighted by molar-refractivity contribution is -0.139. The number of hydrogen-bond acceptors (Lipinski definition) is 12. The van der Waals surface area contributed by atoms with Gasteiger partial charge in [0, 0.05) is 110 Å². The van der Waals surface area contributed by atoms with Crippen molar-refractivity contribution >= 4 is 29.8 Å². The molecule has 2 heterocycles. The van der Waals surface area contributed by atoms with Crippen LogP contribution < -0.4 is 16.0 Å². The summed E-state index contributed by atoms with van der Waals surface area (Å²) in [6.45, 7) is 15.4. The zero-order chi connectivity index (χ0) is 41.1. The van der Waals surface area contributed by atoms with Gasteiger partial charge in [-0.1, -0.05) is 12.1 Å². The Bertz CT molecular complexity index is 1300. The molecule has 1 fully saturated rings. The number of carboxylic acids is 2. The topological polar surface area (TPSA) is 218 Å². The lowest BCUT2D eigenvalue weighted by atomic mass is 10.2. The van der Waals surface area contributed by atoms with E-state index < -0.39 is 11.9 Å². The average molecular weight is 796 g/mol. The van der Waals surface area contributed by atoms with Gasteiger partial charge in [0.1, 0.15) is 0 Å². The minimum atomic E-state index is -0.979. The highest BCUT2D eigenvalue weighted by atomic mass is 16.5. The molecular formula is C37H69N11O8. The molecule has 1 aromatic rings. The maximum Gasteiger partial charge on any atom is 0.314 e. The number of carbonyl (C=O) groups is 5. The largest absolute Gasteiger partial charge is 0.481 e. The van der Waals surface area contributed by atoms with Gasteiger partial charge in [-0.3, -0.25) is 24.1 Å². The summed E-state index contributed by atoms with van der Waals surface area (Å²) in [5.74, 6) is -2.06. The summed E-state index contributed by atoms with van der Waals surface area (Å²) in [6.07, 6.45) is 4.51. The molecule has 1 aliphatic rings. The summed E-state index contributed by atoms with van der Waals surface area (Å²) in [5, 5.41) is 34.7. The molecule has 0 unspecified atom stereocenters. The van der Waals surface area contributed by atoms with E-state index in [1.165, 1.54) is 0 Å². The molecule has 5 N–H and O–H groups in total. The number of urea groups is 1. The Morgan fingerprint density at radius 1 is 0.821 bits per heavy atom. The van der Waals surface area contributed by atoms with Crippen molar-refractivity contribution in [1.29, 1.82) is 0 Å². The summed E-state index contributed by atoms with van der Waals surface area (Å²) in [5.41, 5.74) is 0.646. The number of aromatic nitrogens is 3. The van der Waals surface area contributed by atoms with Crippen LogP contribution in [0.4, 0.5) is 4.79 Å². The zero-order valence-corrected chi connectivity index (χ0v) is 34.3. The molecule has 0 spiro atoms. The van der Waals surface area contributed by atoms with Crippen LogP contribution in [-0.4, -0.2) is 204 Å². The lowest BCUT2D eigenvalue weighted by Crippen LogP contribution is -2.47. The van der Waals surface area contributed by atoms with Crippen LogP contribution in [0.2, 0.25) is 0 Å². The molecule has 4 amide bonds. The number of nitrogens with zero attached hydrogens (tertiary/aromatic N) is 8. The predicted octanol–water partition coefficient (Wildman–Crippen LogP) is -0.129. The Kier molecular flexibility index (Phi) is 24.5. The van der Waals surface area contributed by atoms with E-state index in [4.69, 9.17) is 9.84 Å². The molecular weight excluding hydrogens is 726 g/mol. The summed E-state index contributed by atoms with van der Waals surface area (Å²) >= 11 is 0. The Morgan fingerprint density at radius 3 is 2.18 bits per heavy atom. The number of rotatable bonds is 25. The molecule has 2 rings (SSSR count). The molecule has 1 aliphatic heterocycles. The number of nitrogens with one attached hydrogen (secondary N) is 3. The number of carboxylic acid groups (broad SMARTS) is 2. The quantitative estimate of drug-likeness (QED) is 0.0816. The molecule has 0 radical (unpaired) electrons. The molecule has 56 heavy (non-hydrogen) atoms. The summed E-state index contributed by atoms with van der Waals surface area (Å²) in [6, 6.07) is -0.620. The average Bonchev–Trinajstić information content (AvgIpc) is 3.61. The predicted molar refractivity (Wildman–Crippen MR) is 211 cm³/mol. The Hall–Kier alpha value is -3.91. The Morgan fingerprint density at radius 2 is 1.48 bits per heavy atom. The zero-order valence-electron chi connectivity index (χ0n) is 34.3. The molecule has 1 atom stereocenters. The van der Waals surface area contributed by atoms with Gasteiger partial charge in [-0.15, -0.1) is 5.10 Å². The van der Waals surface area contributed by atoms with Gasteiger partial charge < -0.3 is 50.5 Å². The molecule has 1 aromatic heterocycles. The second-order valence-corrected chi connectivity index (χ2v) is 14.6. The van der Waals surface area contributed by atoms with Crippen molar-refractivity contribution in [2.45, 2.75) is 77.8 Å². The van der Waals surface area contributed by atoms with E-state index in [-0.39, 0.29) is 49.7 Å². The minimum Gasteiger partial charge on any atom is -0.481 e. The van der Waals surface area contributed by atoms with Crippen molar-refractivity contribution in [3.63, 3.8) is 0 Å². The van der Waals surface area contributed by atoms with Gasteiger partial charge in [0.15, 0.2) is 0 Å². The third-order valence-corrected chi connectivity index (χ3v) is 9.73. The Balaban J connectivity index is 1.64. The molecule has 19 nitrogen and oxygen atoms in total. The number of ether oxygens (including phenoxy) is 1. The molecule has 320 valence electrons. The maximum absolute atomic E-state index is 13.0. The standard InChI is InChI=1S/C37H69N11O8/c1-5-45-22-20-43(3)18-19-44(4)21-23-46(25-24-45)30-33(49)38-15-27-56-28-26-48-29-32(41-42-48)10-11-34(50)47(17-13-36(53)54)16-8-6-7-14-39-37(55)40-31(2)9-12-35(51)52/h29,31H,5-28,30H2,1-4H3,(H,38,49)(H,51,52)(H,53,54)(H2,39,40,55)/t31-/m1/s1. The molecule has 1 saturated heterocycles.